The van der Waals surface area contributed by atoms with E-state index in [9.17, 15) is 0 Å². The minimum Gasteiger partial charge on any atom is -0.324 e. The molecule has 0 amide bonds. The number of nitrogens with zero attached hydrogens (tertiary/aromatic N) is 3. The summed E-state index contributed by atoms with van der Waals surface area (Å²) in [7, 11) is 0. The molecular weight excluding hydrogens is 404 g/mol. The highest BCUT2D eigenvalue weighted by molar-refractivity contribution is 6.30. The van der Waals surface area contributed by atoms with E-state index in [1.165, 1.54) is 11.1 Å². The third kappa shape index (κ3) is 4.55. The Balaban J connectivity index is 1.69. The van der Waals surface area contributed by atoms with Crippen LogP contribution in [0.15, 0.2) is 89.0 Å². The first-order valence-electron chi connectivity index (χ1n) is 10.5. The van der Waals surface area contributed by atoms with Crippen LogP contribution in [0.5, 0.6) is 0 Å². The van der Waals surface area contributed by atoms with Crippen molar-refractivity contribution < 1.29 is 0 Å². The van der Waals surface area contributed by atoms with E-state index in [0.29, 0.717) is 24.7 Å². The summed E-state index contributed by atoms with van der Waals surface area (Å²) in [5.74, 6) is 0.784. The quantitative estimate of drug-likeness (QED) is 0.447. The van der Waals surface area contributed by atoms with Crippen molar-refractivity contribution in [1.82, 2.24) is 5.01 Å². The second-order valence-corrected chi connectivity index (χ2v) is 8.57. The molecule has 1 unspecified atom stereocenters. The van der Waals surface area contributed by atoms with E-state index >= 15 is 0 Å². The zero-order valence-electron chi connectivity index (χ0n) is 17.9. The molecule has 1 aliphatic rings. The molecule has 31 heavy (non-hydrogen) atoms. The molecule has 0 radical (unpaired) electrons. The van der Waals surface area contributed by atoms with Gasteiger partial charge in [-0.15, -0.1) is 0 Å². The van der Waals surface area contributed by atoms with Crippen molar-refractivity contribution in [2.24, 2.45) is 15.8 Å². The molecule has 158 valence electrons. The fourth-order valence-electron chi connectivity index (χ4n) is 3.94. The Morgan fingerprint density at radius 2 is 1.71 bits per heavy atom. The fourth-order valence-corrected chi connectivity index (χ4v) is 4.06. The Morgan fingerprint density at radius 1 is 1.03 bits per heavy atom. The van der Waals surface area contributed by atoms with Crippen LogP contribution in [0, 0.1) is 6.92 Å². The van der Waals surface area contributed by atoms with Gasteiger partial charge >= 0.3 is 0 Å². The van der Waals surface area contributed by atoms with Crippen LogP contribution < -0.4 is 5.73 Å². The van der Waals surface area contributed by atoms with E-state index in [-0.39, 0.29) is 5.41 Å². The highest BCUT2D eigenvalue weighted by Gasteiger charge is 2.41. The molecule has 0 aliphatic carbocycles. The molecule has 0 saturated heterocycles. The molecule has 3 aromatic carbocycles. The maximum absolute atomic E-state index is 6.13. The molecule has 5 heteroatoms. The maximum Gasteiger partial charge on any atom is 0.134 e. The molecule has 4 nitrogen and oxygen atoms in total. The van der Waals surface area contributed by atoms with Crippen molar-refractivity contribution in [3.63, 3.8) is 0 Å². The number of halogens is 1. The third-order valence-corrected chi connectivity index (χ3v) is 6.04. The molecule has 3 aromatic rings. The molecule has 0 spiro atoms. The monoisotopic (exact) mass is 430 g/mol. The molecule has 0 bridgehead atoms. The molecule has 4 rings (SSSR count). The van der Waals surface area contributed by atoms with Crippen molar-refractivity contribution in [1.29, 1.82) is 0 Å². The minimum atomic E-state index is -0.297. The number of rotatable bonds is 5. The SMILES string of the molecule is Cc1ccc(CN=C(CN)N2CC(C)(c3ccccc3)C(c3ccc(Cl)cc3)=N2)cc1. The number of aliphatic imine (C=N–C) groups is 1. The first kappa shape index (κ1) is 21.3. The lowest BCUT2D eigenvalue weighted by atomic mass is 9.76. The standard InChI is InChI=1S/C26H27ClN4/c1-19-8-10-20(11-9-19)17-29-24(16-28)31-18-26(2,22-6-4-3-5-7-22)25(30-31)21-12-14-23(27)15-13-21/h3-15H,16-18,28H2,1-2H3. The number of benzene rings is 3. The molecule has 1 aliphatic heterocycles. The average molecular weight is 431 g/mol. The Bertz CT molecular complexity index is 1090. The molecule has 1 atom stereocenters. The van der Waals surface area contributed by atoms with Crippen LogP contribution >= 0.6 is 11.6 Å². The van der Waals surface area contributed by atoms with Gasteiger partial charge < -0.3 is 5.73 Å². The number of amidine groups is 1. The fraction of sp³-hybridized carbons (Fsp3) is 0.231. The van der Waals surface area contributed by atoms with Gasteiger partial charge in [0, 0.05) is 5.02 Å². The van der Waals surface area contributed by atoms with Gasteiger partial charge in [-0.2, -0.15) is 5.10 Å². The van der Waals surface area contributed by atoms with Gasteiger partial charge in [0.25, 0.3) is 0 Å². The smallest absolute Gasteiger partial charge is 0.134 e. The Kier molecular flexibility index (Phi) is 6.21. The van der Waals surface area contributed by atoms with Crippen molar-refractivity contribution in [3.05, 3.63) is 106 Å². The normalized spacial score (nSPS) is 18.9. The van der Waals surface area contributed by atoms with Gasteiger partial charge in [-0.05, 0) is 42.7 Å². The van der Waals surface area contributed by atoms with E-state index in [4.69, 9.17) is 27.4 Å². The summed E-state index contributed by atoms with van der Waals surface area (Å²) in [6.45, 7) is 5.90. The molecular formula is C26H27ClN4. The van der Waals surface area contributed by atoms with Crippen molar-refractivity contribution in [2.45, 2.75) is 25.8 Å². The van der Waals surface area contributed by atoms with Gasteiger partial charge in [-0.25, -0.2) is 5.01 Å². The van der Waals surface area contributed by atoms with Gasteiger partial charge in [-0.3, -0.25) is 4.99 Å². The number of hydrazone groups is 1. The van der Waals surface area contributed by atoms with Gasteiger partial charge in [-0.1, -0.05) is 83.9 Å². The topological polar surface area (TPSA) is 54.0 Å². The highest BCUT2D eigenvalue weighted by atomic mass is 35.5. The van der Waals surface area contributed by atoms with Crippen LogP contribution in [0.1, 0.15) is 29.2 Å². The van der Waals surface area contributed by atoms with Crippen molar-refractivity contribution in [3.8, 4) is 0 Å². The lowest BCUT2D eigenvalue weighted by Crippen LogP contribution is -2.39. The van der Waals surface area contributed by atoms with Crippen LogP contribution in [0.3, 0.4) is 0 Å². The number of nitrogens with two attached hydrogens (primary N) is 1. The summed E-state index contributed by atoms with van der Waals surface area (Å²) in [5.41, 5.74) is 11.5. The van der Waals surface area contributed by atoms with E-state index in [1.54, 1.807) is 0 Å². The van der Waals surface area contributed by atoms with Crippen LogP contribution in [0.25, 0.3) is 0 Å². The van der Waals surface area contributed by atoms with Crippen LogP contribution in [-0.2, 0) is 12.0 Å². The highest BCUT2D eigenvalue weighted by Crippen LogP contribution is 2.35. The summed E-state index contributed by atoms with van der Waals surface area (Å²) in [6.07, 6.45) is 0. The number of hydrogen-bond acceptors (Lipinski definition) is 3. The molecule has 0 fully saturated rings. The van der Waals surface area contributed by atoms with Crippen LogP contribution in [0.4, 0.5) is 0 Å². The second-order valence-electron chi connectivity index (χ2n) is 8.13. The summed E-state index contributed by atoms with van der Waals surface area (Å²) in [5, 5.41) is 7.69. The van der Waals surface area contributed by atoms with E-state index in [1.807, 2.05) is 35.3 Å². The molecule has 0 saturated carbocycles. The van der Waals surface area contributed by atoms with Crippen molar-refractivity contribution in [2.75, 3.05) is 13.1 Å². The Labute approximate surface area is 189 Å². The lowest BCUT2D eigenvalue weighted by Gasteiger charge is -2.27. The largest absolute Gasteiger partial charge is 0.324 e. The van der Waals surface area contributed by atoms with E-state index in [2.05, 4.69) is 62.4 Å². The zero-order chi connectivity index (χ0) is 21.8. The lowest BCUT2D eigenvalue weighted by molar-refractivity contribution is 0.421. The maximum atomic E-state index is 6.13. The number of hydrogen-bond donors (Lipinski definition) is 1. The van der Waals surface area contributed by atoms with Crippen molar-refractivity contribution >= 4 is 23.1 Å². The average Bonchev–Trinajstić information content (AvgIpc) is 3.15. The summed E-state index contributed by atoms with van der Waals surface area (Å²) in [4.78, 5) is 4.81. The number of aryl methyl sites for hydroxylation is 1. The molecule has 0 aromatic heterocycles. The summed E-state index contributed by atoms with van der Waals surface area (Å²) < 4.78 is 0. The molecule has 1 heterocycles. The summed E-state index contributed by atoms with van der Waals surface area (Å²) >= 11 is 6.13. The van der Waals surface area contributed by atoms with Gasteiger partial charge in [0.15, 0.2) is 0 Å². The van der Waals surface area contributed by atoms with Gasteiger partial charge in [0.2, 0.25) is 0 Å². The summed E-state index contributed by atoms with van der Waals surface area (Å²) in [6, 6.07) is 26.8. The Hall–Kier alpha value is -2.95. The van der Waals surface area contributed by atoms with Crippen LogP contribution in [0.2, 0.25) is 5.02 Å². The van der Waals surface area contributed by atoms with E-state index < -0.39 is 0 Å². The van der Waals surface area contributed by atoms with Crippen LogP contribution in [-0.4, -0.2) is 29.6 Å². The van der Waals surface area contributed by atoms with Gasteiger partial charge in [0.1, 0.15) is 5.84 Å². The second kappa shape index (κ2) is 9.04. The molecule has 2 N–H and O–H groups in total. The van der Waals surface area contributed by atoms with E-state index in [0.717, 1.165) is 22.7 Å². The third-order valence-electron chi connectivity index (χ3n) is 5.78. The zero-order valence-corrected chi connectivity index (χ0v) is 18.7. The predicted molar refractivity (Wildman–Crippen MR) is 130 cm³/mol. The Morgan fingerprint density at radius 3 is 2.35 bits per heavy atom. The first-order chi connectivity index (χ1) is 15.0. The van der Waals surface area contributed by atoms with Gasteiger partial charge in [0.05, 0.1) is 30.8 Å². The predicted octanol–water partition coefficient (Wildman–Crippen LogP) is 5.18. The minimum absolute atomic E-state index is 0.297. The first-order valence-corrected chi connectivity index (χ1v) is 10.8.